The van der Waals surface area contributed by atoms with E-state index in [9.17, 15) is 0 Å². The Morgan fingerprint density at radius 1 is 1.32 bits per heavy atom. The lowest BCUT2D eigenvalue weighted by Gasteiger charge is -2.11. The summed E-state index contributed by atoms with van der Waals surface area (Å²) in [5, 5.41) is 5.11. The molecule has 102 valence electrons. The van der Waals surface area contributed by atoms with Crippen LogP contribution in [0.15, 0.2) is 27.1 Å². The molecule has 0 atom stereocenters. The van der Waals surface area contributed by atoms with Crippen molar-refractivity contribution in [3.05, 3.63) is 44.1 Å². The van der Waals surface area contributed by atoms with E-state index in [1.165, 1.54) is 0 Å². The first-order chi connectivity index (χ1) is 9.02. The van der Waals surface area contributed by atoms with Crippen LogP contribution in [0.3, 0.4) is 0 Å². The summed E-state index contributed by atoms with van der Waals surface area (Å²) in [6.45, 7) is 2.46. The highest BCUT2D eigenvalue weighted by atomic mass is 79.9. The van der Waals surface area contributed by atoms with Gasteiger partial charge in [0.05, 0.1) is 15.9 Å². The summed E-state index contributed by atoms with van der Waals surface area (Å²) in [5.41, 5.74) is 3.11. The van der Waals surface area contributed by atoms with Crippen LogP contribution in [0, 0.1) is 6.92 Å². The molecule has 0 aliphatic rings. The highest BCUT2D eigenvalue weighted by Gasteiger charge is 2.12. The molecular weight excluding hydrogens is 440 g/mol. The van der Waals surface area contributed by atoms with Crippen LogP contribution in [0.4, 0.5) is 0 Å². The molecule has 0 aliphatic heterocycles. The Morgan fingerprint density at radius 3 is 2.63 bits per heavy atom. The average molecular weight is 453 g/mol. The molecule has 0 spiro atoms. The predicted octanol–water partition coefficient (Wildman–Crippen LogP) is 4.73. The molecule has 6 heteroatoms. The van der Waals surface area contributed by atoms with E-state index in [2.05, 4.69) is 52.9 Å². The quantitative estimate of drug-likeness (QED) is 0.627. The maximum atomic E-state index is 5.90. The third-order valence-corrected chi connectivity index (χ3v) is 4.92. The van der Waals surface area contributed by atoms with Gasteiger partial charge in [-0.15, -0.1) is 0 Å². The Kier molecular flexibility index (Phi) is 5.09. The smallest absolute Gasteiger partial charge is 0.131 e. The largest absolute Gasteiger partial charge is 0.487 e. The zero-order valence-electron chi connectivity index (χ0n) is 10.6. The SMILES string of the molecule is Cc1nn(C)c(COc2ccc(Br)cc2CBr)c1Br. The zero-order valence-corrected chi connectivity index (χ0v) is 15.3. The fourth-order valence-electron chi connectivity index (χ4n) is 1.78. The van der Waals surface area contributed by atoms with Crippen LogP contribution < -0.4 is 4.74 Å². The molecule has 0 saturated heterocycles. The molecule has 2 aromatic rings. The van der Waals surface area contributed by atoms with E-state index in [4.69, 9.17) is 4.74 Å². The number of ether oxygens (including phenoxy) is 1. The average Bonchev–Trinajstić information content (AvgIpc) is 2.62. The molecule has 0 unspecified atom stereocenters. The van der Waals surface area contributed by atoms with Crippen molar-refractivity contribution in [1.82, 2.24) is 9.78 Å². The van der Waals surface area contributed by atoms with Gasteiger partial charge in [0.15, 0.2) is 0 Å². The molecule has 0 saturated carbocycles. The molecule has 0 bridgehead atoms. The summed E-state index contributed by atoms with van der Waals surface area (Å²) in [6.07, 6.45) is 0. The van der Waals surface area contributed by atoms with Crippen LogP contribution >= 0.6 is 47.8 Å². The van der Waals surface area contributed by atoms with E-state index in [1.807, 2.05) is 36.9 Å². The molecule has 2 rings (SSSR count). The van der Waals surface area contributed by atoms with E-state index in [0.29, 0.717) is 6.61 Å². The highest BCUT2D eigenvalue weighted by Crippen LogP contribution is 2.27. The van der Waals surface area contributed by atoms with Gasteiger partial charge in [-0.3, -0.25) is 4.68 Å². The van der Waals surface area contributed by atoms with Crippen LogP contribution in [0.5, 0.6) is 5.75 Å². The van der Waals surface area contributed by atoms with Crippen molar-refractivity contribution in [2.45, 2.75) is 18.9 Å². The monoisotopic (exact) mass is 450 g/mol. The highest BCUT2D eigenvalue weighted by molar-refractivity contribution is 9.10. The predicted molar refractivity (Wildman–Crippen MR) is 86.8 cm³/mol. The van der Waals surface area contributed by atoms with E-state index < -0.39 is 0 Å². The lowest BCUT2D eigenvalue weighted by molar-refractivity contribution is 0.292. The number of nitrogens with zero attached hydrogens (tertiary/aromatic N) is 2. The Balaban J connectivity index is 2.19. The number of benzene rings is 1. The summed E-state index contributed by atoms with van der Waals surface area (Å²) >= 11 is 10.5. The number of alkyl halides is 1. The van der Waals surface area contributed by atoms with Crippen molar-refractivity contribution in [2.75, 3.05) is 0 Å². The summed E-state index contributed by atoms with van der Waals surface area (Å²) < 4.78 is 9.80. The van der Waals surface area contributed by atoms with Gasteiger partial charge in [0, 0.05) is 22.4 Å². The second-order valence-electron chi connectivity index (χ2n) is 4.14. The van der Waals surface area contributed by atoms with Crippen molar-refractivity contribution < 1.29 is 4.74 Å². The van der Waals surface area contributed by atoms with Gasteiger partial charge in [0.2, 0.25) is 0 Å². The minimum atomic E-state index is 0.486. The lowest BCUT2D eigenvalue weighted by atomic mass is 10.2. The number of hydrogen-bond donors (Lipinski definition) is 0. The second kappa shape index (κ2) is 6.41. The van der Waals surface area contributed by atoms with Gasteiger partial charge in [0.25, 0.3) is 0 Å². The first-order valence-electron chi connectivity index (χ1n) is 5.68. The first kappa shape index (κ1) is 15.1. The van der Waals surface area contributed by atoms with Crippen molar-refractivity contribution in [3.63, 3.8) is 0 Å². The van der Waals surface area contributed by atoms with Gasteiger partial charge in [-0.2, -0.15) is 5.10 Å². The maximum absolute atomic E-state index is 5.90. The standard InChI is InChI=1S/C13H13Br3N2O/c1-8-13(16)11(18(2)17-8)7-19-12-4-3-10(15)5-9(12)6-14/h3-5H,6-7H2,1-2H3. The van der Waals surface area contributed by atoms with Gasteiger partial charge in [-0.05, 0) is 41.1 Å². The number of halogens is 3. The number of hydrogen-bond acceptors (Lipinski definition) is 2. The van der Waals surface area contributed by atoms with Gasteiger partial charge >= 0.3 is 0 Å². The third-order valence-electron chi connectivity index (χ3n) is 2.79. The molecule has 0 amide bonds. The number of rotatable bonds is 4. The molecule has 19 heavy (non-hydrogen) atoms. The van der Waals surface area contributed by atoms with Crippen molar-refractivity contribution in [3.8, 4) is 5.75 Å². The van der Waals surface area contributed by atoms with Crippen LogP contribution in [-0.4, -0.2) is 9.78 Å². The molecule has 0 radical (unpaired) electrons. The first-order valence-corrected chi connectivity index (χ1v) is 8.39. The van der Waals surface area contributed by atoms with Gasteiger partial charge in [0.1, 0.15) is 12.4 Å². The molecule has 3 nitrogen and oxygen atoms in total. The van der Waals surface area contributed by atoms with Crippen LogP contribution in [0.1, 0.15) is 17.0 Å². The number of aryl methyl sites for hydroxylation is 2. The topological polar surface area (TPSA) is 27.1 Å². The zero-order chi connectivity index (χ0) is 14.0. The van der Waals surface area contributed by atoms with Crippen molar-refractivity contribution in [1.29, 1.82) is 0 Å². The third kappa shape index (κ3) is 3.41. The molecule has 1 heterocycles. The number of aromatic nitrogens is 2. The normalized spacial score (nSPS) is 10.8. The molecule has 1 aromatic heterocycles. The molecule has 0 fully saturated rings. The van der Waals surface area contributed by atoms with Crippen molar-refractivity contribution >= 4 is 47.8 Å². The Labute approximate surface area is 137 Å². The van der Waals surface area contributed by atoms with Gasteiger partial charge in [-0.25, -0.2) is 0 Å². The van der Waals surface area contributed by atoms with Crippen molar-refractivity contribution in [2.24, 2.45) is 7.05 Å². The Hall–Kier alpha value is -0.330. The summed E-state index contributed by atoms with van der Waals surface area (Å²) in [5.74, 6) is 0.880. The summed E-state index contributed by atoms with van der Waals surface area (Å²) in [4.78, 5) is 0. The van der Waals surface area contributed by atoms with E-state index in [-0.39, 0.29) is 0 Å². The molecule has 1 aromatic carbocycles. The fraction of sp³-hybridized carbons (Fsp3) is 0.308. The van der Waals surface area contributed by atoms with Crippen LogP contribution in [0.2, 0.25) is 0 Å². The van der Waals surface area contributed by atoms with Crippen LogP contribution in [-0.2, 0) is 19.0 Å². The molecular formula is C13H13Br3N2O. The Morgan fingerprint density at radius 2 is 2.05 bits per heavy atom. The maximum Gasteiger partial charge on any atom is 0.131 e. The lowest BCUT2D eigenvalue weighted by Crippen LogP contribution is -2.04. The summed E-state index contributed by atoms with van der Waals surface area (Å²) in [6, 6.07) is 6.00. The molecule has 0 aliphatic carbocycles. The van der Waals surface area contributed by atoms with E-state index in [0.717, 1.165) is 37.0 Å². The Bertz CT molecular complexity index is 596. The fourth-order valence-corrected chi connectivity index (χ4v) is 3.07. The summed E-state index contributed by atoms with van der Waals surface area (Å²) in [7, 11) is 1.92. The van der Waals surface area contributed by atoms with E-state index >= 15 is 0 Å². The molecule has 0 N–H and O–H groups in total. The van der Waals surface area contributed by atoms with Gasteiger partial charge < -0.3 is 4.74 Å². The second-order valence-corrected chi connectivity index (χ2v) is 6.41. The minimum Gasteiger partial charge on any atom is -0.487 e. The van der Waals surface area contributed by atoms with E-state index in [1.54, 1.807) is 0 Å². The van der Waals surface area contributed by atoms with Gasteiger partial charge in [-0.1, -0.05) is 31.9 Å². The minimum absolute atomic E-state index is 0.486. The van der Waals surface area contributed by atoms with Crippen LogP contribution in [0.25, 0.3) is 0 Å².